The van der Waals surface area contributed by atoms with E-state index in [-0.39, 0.29) is 0 Å². The van der Waals surface area contributed by atoms with E-state index in [1.165, 1.54) is 0 Å². The quantitative estimate of drug-likeness (QED) is 0.411. The van der Waals surface area contributed by atoms with Crippen LogP contribution in [0.4, 0.5) is 0 Å². The largest absolute Gasteiger partial charge is 0.372 e. The van der Waals surface area contributed by atoms with Crippen LogP contribution in [0.15, 0.2) is 0 Å². The van der Waals surface area contributed by atoms with Gasteiger partial charge in [0.15, 0.2) is 0 Å². The Labute approximate surface area is 61.9 Å². The van der Waals surface area contributed by atoms with E-state index >= 15 is 0 Å². The Morgan fingerprint density at radius 2 is 2.40 bits per heavy atom. The Kier molecular flexibility index (Phi) is 3.12. The zero-order valence-corrected chi connectivity index (χ0v) is 6.67. The summed E-state index contributed by atoms with van der Waals surface area (Å²) in [5, 5.41) is 0. The van der Waals surface area contributed by atoms with Gasteiger partial charge in [-0.3, -0.25) is 4.90 Å². The third kappa shape index (κ3) is 3.15. The number of nitrogens with zero attached hydrogens (tertiary/aromatic N) is 1. The van der Waals surface area contributed by atoms with Crippen molar-refractivity contribution in [3.8, 4) is 0 Å². The van der Waals surface area contributed by atoms with Gasteiger partial charge in [0.25, 0.3) is 0 Å². The Morgan fingerprint density at radius 3 is 2.90 bits per heavy atom. The maximum absolute atomic E-state index is 5.19. The van der Waals surface area contributed by atoms with Gasteiger partial charge in [-0.15, -0.1) is 0 Å². The van der Waals surface area contributed by atoms with Gasteiger partial charge >= 0.3 is 0 Å². The summed E-state index contributed by atoms with van der Waals surface area (Å²) in [4.78, 5) is 2.13. The molecule has 1 fully saturated rings. The summed E-state index contributed by atoms with van der Waals surface area (Å²) >= 11 is 0. The smallest absolute Gasteiger partial charge is 0.0988 e. The molecule has 0 aromatic heterocycles. The molecule has 0 N–H and O–H groups in total. The first kappa shape index (κ1) is 7.98. The fraction of sp³-hybridized carbons (Fsp3) is 1.00. The lowest BCUT2D eigenvalue weighted by Crippen LogP contribution is -2.25. The van der Waals surface area contributed by atoms with Crippen molar-refractivity contribution in [1.82, 2.24) is 4.90 Å². The second-order valence-electron chi connectivity index (χ2n) is 2.62. The van der Waals surface area contributed by atoms with Crippen molar-refractivity contribution in [1.29, 1.82) is 0 Å². The van der Waals surface area contributed by atoms with E-state index in [0.29, 0.717) is 6.10 Å². The van der Waals surface area contributed by atoms with Crippen LogP contribution >= 0.6 is 0 Å². The molecule has 0 spiro atoms. The highest BCUT2D eigenvalue weighted by Crippen LogP contribution is 2.09. The molecule has 1 atom stereocenters. The van der Waals surface area contributed by atoms with Gasteiger partial charge < -0.3 is 9.47 Å². The van der Waals surface area contributed by atoms with E-state index in [9.17, 15) is 0 Å². The molecular formula is C7H15NO2. The molecule has 0 aromatic rings. The summed E-state index contributed by atoms with van der Waals surface area (Å²) in [5.74, 6) is 0. The molecule has 1 heterocycles. The number of likely N-dealkylation sites (N-methyl/N-ethyl adjacent to an activating group) is 1. The summed E-state index contributed by atoms with van der Waals surface area (Å²) in [6, 6.07) is 0. The molecule has 0 bridgehead atoms. The van der Waals surface area contributed by atoms with Gasteiger partial charge in [0.05, 0.1) is 19.4 Å². The minimum absolute atomic E-state index is 0.477. The third-order valence-corrected chi connectivity index (χ3v) is 1.43. The zero-order chi connectivity index (χ0) is 7.40. The molecule has 1 aliphatic heterocycles. The zero-order valence-electron chi connectivity index (χ0n) is 6.67. The van der Waals surface area contributed by atoms with Crippen LogP contribution in [0, 0.1) is 0 Å². The standard InChI is InChI=1S/C7H15NO2/c1-3-9-6-8(2)4-7-5-10-7/h7H,3-6H2,1-2H3. The molecule has 1 aliphatic rings. The number of hydrogen-bond donors (Lipinski definition) is 0. The highest BCUT2D eigenvalue weighted by molar-refractivity contribution is 4.71. The fourth-order valence-corrected chi connectivity index (χ4v) is 0.821. The molecule has 1 unspecified atom stereocenters. The fourth-order valence-electron chi connectivity index (χ4n) is 0.821. The van der Waals surface area contributed by atoms with E-state index < -0.39 is 0 Å². The van der Waals surface area contributed by atoms with Crippen LogP contribution in [0.2, 0.25) is 0 Å². The molecule has 60 valence electrons. The van der Waals surface area contributed by atoms with Gasteiger partial charge in [-0.25, -0.2) is 0 Å². The van der Waals surface area contributed by atoms with Gasteiger partial charge in [-0.1, -0.05) is 0 Å². The van der Waals surface area contributed by atoms with Gasteiger partial charge in [-0.05, 0) is 14.0 Å². The molecule has 0 amide bonds. The van der Waals surface area contributed by atoms with E-state index in [4.69, 9.17) is 9.47 Å². The molecule has 0 radical (unpaired) electrons. The van der Waals surface area contributed by atoms with E-state index in [0.717, 1.165) is 26.5 Å². The lowest BCUT2D eigenvalue weighted by atomic mass is 10.4. The normalized spacial score (nSPS) is 23.7. The molecule has 0 aliphatic carbocycles. The highest BCUT2D eigenvalue weighted by Gasteiger charge is 2.23. The van der Waals surface area contributed by atoms with Crippen LogP contribution in [0.5, 0.6) is 0 Å². The van der Waals surface area contributed by atoms with Gasteiger partial charge in [-0.2, -0.15) is 0 Å². The summed E-state index contributed by atoms with van der Waals surface area (Å²) in [6.45, 7) is 5.43. The SMILES string of the molecule is CCOCN(C)CC1CO1. The monoisotopic (exact) mass is 145 g/mol. The average Bonchev–Trinajstić information content (AvgIpc) is 2.67. The first-order chi connectivity index (χ1) is 4.83. The predicted octanol–water partition coefficient (Wildman–Crippen LogP) is 0.311. The lowest BCUT2D eigenvalue weighted by molar-refractivity contribution is 0.0473. The lowest BCUT2D eigenvalue weighted by Gasteiger charge is -2.13. The minimum atomic E-state index is 0.477. The van der Waals surface area contributed by atoms with Crippen molar-refractivity contribution >= 4 is 0 Å². The van der Waals surface area contributed by atoms with Crippen LogP contribution < -0.4 is 0 Å². The Balaban J connectivity index is 1.91. The third-order valence-electron chi connectivity index (χ3n) is 1.43. The van der Waals surface area contributed by atoms with E-state index in [1.54, 1.807) is 0 Å². The predicted molar refractivity (Wildman–Crippen MR) is 38.9 cm³/mol. The maximum Gasteiger partial charge on any atom is 0.0988 e. The molecule has 0 saturated carbocycles. The van der Waals surface area contributed by atoms with E-state index in [1.807, 2.05) is 14.0 Å². The van der Waals surface area contributed by atoms with Crippen molar-refractivity contribution in [2.75, 3.05) is 33.5 Å². The summed E-state index contributed by atoms with van der Waals surface area (Å²) in [7, 11) is 2.04. The topological polar surface area (TPSA) is 25.0 Å². The van der Waals surface area contributed by atoms with Crippen molar-refractivity contribution < 1.29 is 9.47 Å². The molecule has 10 heavy (non-hydrogen) atoms. The summed E-state index contributed by atoms with van der Waals surface area (Å²) < 4.78 is 10.3. The Morgan fingerprint density at radius 1 is 1.70 bits per heavy atom. The van der Waals surface area contributed by atoms with Gasteiger partial charge in [0, 0.05) is 13.2 Å². The number of epoxide rings is 1. The first-order valence-electron chi connectivity index (χ1n) is 3.71. The average molecular weight is 145 g/mol. The Bertz CT molecular complexity index is 93.6. The van der Waals surface area contributed by atoms with Crippen LogP contribution in [-0.4, -0.2) is 44.5 Å². The van der Waals surface area contributed by atoms with Crippen molar-refractivity contribution in [3.05, 3.63) is 0 Å². The molecular weight excluding hydrogens is 130 g/mol. The van der Waals surface area contributed by atoms with Crippen molar-refractivity contribution in [2.24, 2.45) is 0 Å². The molecule has 3 heteroatoms. The molecule has 1 rings (SSSR count). The molecule has 0 aromatic carbocycles. The second kappa shape index (κ2) is 3.91. The number of ether oxygens (including phenoxy) is 2. The highest BCUT2D eigenvalue weighted by atomic mass is 16.6. The van der Waals surface area contributed by atoms with Crippen LogP contribution in [0.3, 0.4) is 0 Å². The summed E-state index contributed by atoms with van der Waals surface area (Å²) in [5.41, 5.74) is 0. The van der Waals surface area contributed by atoms with Gasteiger partial charge in [0.1, 0.15) is 0 Å². The van der Waals surface area contributed by atoms with E-state index in [2.05, 4.69) is 4.90 Å². The molecule has 1 saturated heterocycles. The molecule has 3 nitrogen and oxygen atoms in total. The van der Waals surface area contributed by atoms with Crippen LogP contribution in [0.1, 0.15) is 6.92 Å². The van der Waals surface area contributed by atoms with Crippen LogP contribution in [-0.2, 0) is 9.47 Å². The number of rotatable bonds is 5. The Hall–Kier alpha value is -0.120. The second-order valence-corrected chi connectivity index (χ2v) is 2.62. The first-order valence-corrected chi connectivity index (χ1v) is 3.71. The van der Waals surface area contributed by atoms with Crippen molar-refractivity contribution in [3.63, 3.8) is 0 Å². The number of hydrogen-bond acceptors (Lipinski definition) is 3. The summed E-state index contributed by atoms with van der Waals surface area (Å²) in [6.07, 6.45) is 0.477. The maximum atomic E-state index is 5.19. The van der Waals surface area contributed by atoms with Crippen LogP contribution in [0.25, 0.3) is 0 Å². The van der Waals surface area contributed by atoms with Gasteiger partial charge in [0.2, 0.25) is 0 Å². The van der Waals surface area contributed by atoms with Crippen molar-refractivity contribution in [2.45, 2.75) is 13.0 Å². The minimum Gasteiger partial charge on any atom is -0.372 e.